The molecule has 1 heterocycles. The third-order valence-corrected chi connectivity index (χ3v) is 1.20. The number of pyridine rings is 1. The lowest BCUT2D eigenvalue weighted by atomic mass is 10.3. The van der Waals surface area contributed by atoms with E-state index in [1.165, 1.54) is 11.7 Å². The van der Waals surface area contributed by atoms with Gasteiger partial charge in [-0.15, -0.1) is 0 Å². The maximum absolute atomic E-state index is 10.5. The fourth-order valence-corrected chi connectivity index (χ4v) is 0.697. The highest BCUT2D eigenvalue weighted by molar-refractivity contribution is 5.65. The minimum Gasteiger partial charge on any atom is -1.00 e. The first-order chi connectivity index (χ1) is 5.18. The minimum atomic E-state index is -0.321. The minimum absolute atomic E-state index is 0. The zero-order valence-electron chi connectivity index (χ0n) is 6.95. The topological polar surface area (TPSA) is 30.2 Å². The van der Waals surface area contributed by atoms with E-state index >= 15 is 0 Å². The van der Waals surface area contributed by atoms with Crippen molar-refractivity contribution in [3.63, 3.8) is 0 Å². The fourth-order valence-electron chi connectivity index (χ4n) is 0.697. The van der Waals surface area contributed by atoms with Gasteiger partial charge < -0.3 is 12.4 Å². The van der Waals surface area contributed by atoms with E-state index in [4.69, 9.17) is 4.84 Å². The summed E-state index contributed by atoms with van der Waals surface area (Å²) in [5, 5.41) is 0. The summed E-state index contributed by atoms with van der Waals surface area (Å²) in [4.78, 5) is 15.2. The molecule has 0 fully saturated rings. The monoisotopic (exact) mass is 187 g/mol. The van der Waals surface area contributed by atoms with Crippen LogP contribution in [0.25, 0.3) is 0 Å². The van der Waals surface area contributed by atoms with Gasteiger partial charge in [-0.1, -0.05) is 0 Å². The van der Waals surface area contributed by atoms with E-state index in [9.17, 15) is 4.79 Å². The van der Waals surface area contributed by atoms with E-state index in [2.05, 4.69) is 0 Å². The Morgan fingerprint density at radius 1 is 1.42 bits per heavy atom. The predicted octanol–water partition coefficient (Wildman–Crippen LogP) is -2.74. The molecule has 0 aliphatic heterocycles. The normalized spacial score (nSPS) is 8.50. The van der Waals surface area contributed by atoms with E-state index in [0.29, 0.717) is 0 Å². The van der Waals surface area contributed by atoms with E-state index in [0.717, 1.165) is 5.56 Å². The molecule has 0 aromatic carbocycles. The molecule has 0 bridgehead atoms. The summed E-state index contributed by atoms with van der Waals surface area (Å²) >= 11 is 0. The molecule has 12 heavy (non-hydrogen) atoms. The summed E-state index contributed by atoms with van der Waals surface area (Å²) in [6.45, 7) is 3.34. The molecule has 3 nitrogen and oxygen atoms in total. The predicted molar refractivity (Wildman–Crippen MR) is 38.6 cm³/mol. The van der Waals surface area contributed by atoms with Crippen molar-refractivity contribution >= 4 is 5.97 Å². The van der Waals surface area contributed by atoms with Gasteiger partial charge in [0.15, 0.2) is 0 Å². The zero-order valence-corrected chi connectivity index (χ0v) is 7.71. The number of nitrogens with zero attached hydrogens (tertiary/aromatic N) is 1. The molecule has 4 heteroatoms. The third kappa shape index (κ3) is 3.34. The number of aromatic nitrogens is 1. The van der Waals surface area contributed by atoms with Crippen molar-refractivity contribution in [1.29, 1.82) is 0 Å². The maximum Gasteiger partial charge on any atom is 0.377 e. The molecule has 66 valence electrons. The van der Waals surface area contributed by atoms with Gasteiger partial charge in [-0.3, -0.25) is 0 Å². The summed E-state index contributed by atoms with van der Waals surface area (Å²) in [6, 6.07) is 3.73. The Bertz CT molecular complexity index is 258. The molecular formula is C8H10ClNO2. The number of hydrogen-bond acceptors (Lipinski definition) is 2. The number of aryl methyl sites for hydroxylation is 1. The summed E-state index contributed by atoms with van der Waals surface area (Å²) in [7, 11) is 0. The first kappa shape index (κ1) is 10.9. The molecule has 1 aromatic rings. The van der Waals surface area contributed by atoms with Crippen molar-refractivity contribution in [2.45, 2.75) is 13.8 Å². The third-order valence-electron chi connectivity index (χ3n) is 1.20. The average Bonchev–Trinajstić information content (AvgIpc) is 1.93. The fraction of sp³-hybridized carbons (Fsp3) is 0.250. The van der Waals surface area contributed by atoms with Crippen molar-refractivity contribution in [2.75, 3.05) is 0 Å². The lowest BCUT2D eigenvalue weighted by Gasteiger charge is -1.90. The van der Waals surface area contributed by atoms with Gasteiger partial charge in [-0.05, 0) is 12.5 Å². The Hall–Kier alpha value is -1.09. The molecule has 0 atom stereocenters. The molecule has 0 unspecified atom stereocenters. The van der Waals surface area contributed by atoms with Crippen LogP contribution in [0.3, 0.4) is 0 Å². The zero-order chi connectivity index (χ0) is 8.27. The van der Waals surface area contributed by atoms with E-state index in [-0.39, 0.29) is 18.4 Å². The Kier molecular flexibility index (Phi) is 4.29. The molecule has 1 aromatic heterocycles. The molecule has 0 aliphatic carbocycles. The van der Waals surface area contributed by atoms with Gasteiger partial charge in [-0.2, -0.15) is 4.84 Å². The SMILES string of the molecule is CC(=O)O[n+]1ccc(C)cc1.[Cl-]. The molecule has 0 amide bonds. The van der Waals surface area contributed by atoms with Crippen molar-refractivity contribution in [3.8, 4) is 0 Å². The number of hydrogen-bond donors (Lipinski definition) is 0. The molecular weight excluding hydrogens is 178 g/mol. The van der Waals surface area contributed by atoms with Crippen LogP contribution in [0.5, 0.6) is 0 Å². The van der Waals surface area contributed by atoms with Gasteiger partial charge in [0.25, 0.3) is 0 Å². The van der Waals surface area contributed by atoms with E-state index < -0.39 is 0 Å². The molecule has 1 rings (SSSR count). The quantitative estimate of drug-likeness (QED) is 0.447. The average molecular weight is 188 g/mol. The molecule has 0 radical (unpaired) electrons. The smallest absolute Gasteiger partial charge is 0.377 e. The standard InChI is InChI=1S/C8H10NO2.ClH/c1-7-3-5-9(6-4-7)11-8(2)10;/h3-6H,1-2H3;1H/q+1;/p-1. The van der Waals surface area contributed by atoms with Crippen LogP contribution in [0.2, 0.25) is 0 Å². The number of rotatable bonds is 1. The highest BCUT2D eigenvalue weighted by Crippen LogP contribution is 1.88. The van der Waals surface area contributed by atoms with Crippen molar-refractivity contribution in [2.24, 2.45) is 0 Å². The highest BCUT2D eigenvalue weighted by atomic mass is 35.5. The van der Waals surface area contributed by atoms with Gasteiger partial charge >= 0.3 is 5.97 Å². The van der Waals surface area contributed by atoms with Crippen molar-refractivity contribution in [1.82, 2.24) is 0 Å². The van der Waals surface area contributed by atoms with E-state index in [1.807, 2.05) is 19.1 Å². The second kappa shape index (κ2) is 4.72. The van der Waals surface area contributed by atoms with Crippen LogP contribution in [0, 0.1) is 6.92 Å². The van der Waals surface area contributed by atoms with E-state index in [1.54, 1.807) is 12.4 Å². The Morgan fingerprint density at radius 2 is 1.92 bits per heavy atom. The molecule has 0 saturated heterocycles. The van der Waals surface area contributed by atoms with Crippen LogP contribution in [-0.2, 0) is 4.79 Å². The summed E-state index contributed by atoms with van der Waals surface area (Å²) in [6.07, 6.45) is 3.38. The maximum atomic E-state index is 10.5. The molecule has 0 spiro atoms. The number of halogens is 1. The van der Waals surface area contributed by atoms with Crippen LogP contribution >= 0.6 is 0 Å². The first-order valence-electron chi connectivity index (χ1n) is 3.35. The largest absolute Gasteiger partial charge is 1.00 e. The van der Waals surface area contributed by atoms with Crippen LogP contribution < -0.4 is 22.0 Å². The van der Waals surface area contributed by atoms with Crippen molar-refractivity contribution < 1.29 is 26.8 Å². The van der Waals surface area contributed by atoms with Gasteiger partial charge in [0, 0.05) is 23.8 Å². The Labute approximate surface area is 77.3 Å². The lowest BCUT2D eigenvalue weighted by molar-refractivity contribution is -0.869. The Morgan fingerprint density at radius 3 is 2.33 bits per heavy atom. The summed E-state index contributed by atoms with van der Waals surface area (Å²) < 4.78 is 1.37. The number of carbonyl (C=O) groups is 1. The first-order valence-corrected chi connectivity index (χ1v) is 3.35. The highest BCUT2D eigenvalue weighted by Gasteiger charge is 2.02. The van der Waals surface area contributed by atoms with Crippen LogP contribution in [0.15, 0.2) is 24.5 Å². The second-order valence-electron chi connectivity index (χ2n) is 2.32. The van der Waals surface area contributed by atoms with Crippen LogP contribution in [-0.4, -0.2) is 5.97 Å². The summed E-state index contributed by atoms with van der Waals surface area (Å²) in [5.74, 6) is -0.321. The van der Waals surface area contributed by atoms with Crippen LogP contribution in [0.4, 0.5) is 0 Å². The second-order valence-corrected chi connectivity index (χ2v) is 2.32. The van der Waals surface area contributed by atoms with Crippen LogP contribution in [0.1, 0.15) is 12.5 Å². The van der Waals surface area contributed by atoms with Gasteiger partial charge in [0.1, 0.15) is 0 Å². The Balaban J connectivity index is 0.00000121. The number of carbonyl (C=O) groups excluding carboxylic acids is 1. The van der Waals surface area contributed by atoms with Gasteiger partial charge in [-0.25, -0.2) is 4.79 Å². The lowest BCUT2D eigenvalue weighted by Crippen LogP contribution is -3.00. The van der Waals surface area contributed by atoms with Crippen molar-refractivity contribution in [3.05, 3.63) is 30.1 Å². The van der Waals surface area contributed by atoms with Gasteiger partial charge in [0.05, 0.1) is 0 Å². The summed E-state index contributed by atoms with van der Waals surface area (Å²) in [5.41, 5.74) is 1.13. The molecule has 0 aliphatic rings. The van der Waals surface area contributed by atoms with Gasteiger partial charge in [0.2, 0.25) is 12.4 Å². The molecule has 0 saturated carbocycles. The molecule has 0 N–H and O–H groups in total.